The van der Waals surface area contributed by atoms with E-state index in [1.165, 1.54) is 21.8 Å². The number of thiophene rings is 1. The summed E-state index contributed by atoms with van der Waals surface area (Å²) in [7, 11) is 0. The molecule has 0 aliphatic carbocycles. The number of aromatic nitrogens is 1. The van der Waals surface area contributed by atoms with E-state index in [-0.39, 0.29) is 5.01 Å². The van der Waals surface area contributed by atoms with E-state index in [4.69, 9.17) is 5.11 Å². The summed E-state index contributed by atoms with van der Waals surface area (Å²) in [6.07, 6.45) is 1.09. The largest absolute Gasteiger partial charge is 0.476 e. The van der Waals surface area contributed by atoms with Crippen molar-refractivity contribution in [3.8, 4) is 0 Å². The Hall–Kier alpha value is -1.24. The van der Waals surface area contributed by atoms with Gasteiger partial charge in [-0.25, -0.2) is 9.78 Å². The monoisotopic (exact) mass is 280 g/mol. The summed E-state index contributed by atoms with van der Waals surface area (Å²) < 4.78 is 0. The minimum Gasteiger partial charge on any atom is -0.476 e. The van der Waals surface area contributed by atoms with Crippen LogP contribution in [-0.4, -0.2) is 27.5 Å². The van der Waals surface area contributed by atoms with E-state index >= 15 is 0 Å². The third kappa shape index (κ3) is 2.31. The van der Waals surface area contributed by atoms with E-state index in [0.717, 1.165) is 31.7 Å². The van der Waals surface area contributed by atoms with Gasteiger partial charge in [0.1, 0.15) is 0 Å². The second-order valence-electron chi connectivity index (χ2n) is 4.28. The normalized spacial score (nSPS) is 15.6. The standard InChI is InChI=1S/C12H12N2O2S2/c15-12(16)11-13-9(7-18-11)6-14-3-1-10-8(5-14)2-4-17-10/h2,4,7H,1,3,5-6H2,(H,15,16). The second-order valence-corrected chi connectivity index (χ2v) is 6.14. The van der Waals surface area contributed by atoms with Crippen molar-refractivity contribution in [3.05, 3.63) is 38.0 Å². The van der Waals surface area contributed by atoms with Gasteiger partial charge in [0.15, 0.2) is 0 Å². The third-order valence-corrected chi connectivity index (χ3v) is 4.91. The molecule has 1 N–H and O–H groups in total. The molecule has 0 bridgehead atoms. The molecule has 0 atom stereocenters. The molecule has 1 aliphatic heterocycles. The molecule has 1 aliphatic rings. The van der Waals surface area contributed by atoms with Gasteiger partial charge in [-0.3, -0.25) is 4.90 Å². The Balaban J connectivity index is 1.68. The highest BCUT2D eigenvalue weighted by molar-refractivity contribution is 7.11. The third-order valence-electron chi connectivity index (χ3n) is 3.01. The van der Waals surface area contributed by atoms with E-state index in [0.29, 0.717) is 0 Å². The van der Waals surface area contributed by atoms with Gasteiger partial charge in [-0.15, -0.1) is 22.7 Å². The van der Waals surface area contributed by atoms with Crippen LogP contribution in [0.1, 0.15) is 25.9 Å². The van der Waals surface area contributed by atoms with Crippen LogP contribution >= 0.6 is 22.7 Å². The smallest absolute Gasteiger partial charge is 0.365 e. The van der Waals surface area contributed by atoms with Crippen molar-refractivity contribution >= 4 is 28.6 Å². The first-order chi connectivity index (χ1) is 8.72. The highest BCUT2D eigenvalue weighted by Crippen LogP contribution is 2.25. The molecule has 0 fully saturated rings. The Bertz CT molecular complexity index is 576. The predicted octanol–water partition coefficient (Wildman–Crippen LogP) is 2.46. The van der Waals surface area contributed by atoms with Crippen molar-refractivity contribution < 1.29 is 9.90 Å². The number of carbonyl (C=O) groups is 1. The summed E-state index contributed by atoms with van der Waals surface area (Å²) in [6, 6.07) is 2.18. The van der Waals surface area contributed by atoms with Crippen LogP contribution in [0.3, 0.4) is 0 Å². The molecule has 3 rings (SSSR count). The van der Waals surface area contributed by atoms with Gasteiger partial charge in [0, 0.05) is 29.9 Å². The number of thiazole rings is 1. The molecule has 18 heavy (non-hydrogen) atoms. The number of carboxylic acid groups (broad SMARTS) is 1. The van der Waals surface area contributed by atoms with Crippen molar-refractivity contribution in [2.75, 3.05) is 6.54 Å². The van der Waals surface area contributed by atoms with Crippen LogP contribution in [0.25, 0.3) is 0 Å². The Morgan fingerprint density at radius 2 is 2.39 bits per heavy atom. The van der Waals surface area contributed by atoms with Crippen LogP contribution in [0.4, 0.5) is 0 Å². The molecule has 3 heterocycles. The highest BCUT2D eigenvalue weighted by atomic mass is 32.1. The molecule has 2 aromatic rings. The van der Waals surface area contributed by atoms with Gasteiger partial charge in [-0.2, -0.15) is 0 Å². The summed E-state index contributed by atoms with van der Waals surface area (Å²) >= 11 is 3.02. The van der Waals surface area contributed by atoms with Crippen molar-refractivity contribution in [1.29, 1.82) is 0 Å². The zero-order valence-electron chi connectivity index (χ0n) is 9.63. The van der Waals surface area contributed by atoms with Crippen LogP contribution in [0, 0.1) is 0 Å². The molecule has 6 heteroatoms. The molecule has 0 saturated heterocycles. The van der Waals surface area contributed by atoms with Crippen LogP contribution < -0.4 is 0 Å². The molecule has 0 saturated carbocycles. The average Bonchev–Trinajstić information content (AvgIpc) is 2.96. The average molecular weight is 280 g/mol. The molecule has 2 aromatic heterocycles. The Morgan fingerprint density at radius 3 is 3.17 bits per heavy atom. The first-order valence-electron chi connectivity index (χ1n) is 5.67. The van der Waals surface area contributed by atoms with Crippen LogP contribution in [0.2, 0.25) is 0 Å². The Labute approximate surface area is 113 Å². The first kappa shape index (κ1) is 11.8. The highest BCUT2D eigenvalue weighted by Gasteiger charge is 2.18. The summed E-state index contributed by atoms with van der Waals surface area (Å²) in [6.45, 7) is 2.70. The minimum absolute atomic E-state index is 0.179. The van der Waals surface area contributed by atoms with E-state index in [9.17, 15) is 4.79 Å². The Morgan fingerprint density at radius 1 is 1.50 bits per heavy atom. The van der Waals surface area contributed by atoms with Gasteiger partial charge in [0.25, 0.3) is 0 Å². The molecule has 94 valence electrons. The number of carboxylic acids is 1. The molecular weight excluding hydrogens is 268 g/mol. The maximum absolute atomic E-state index is 10.8. The van der Waals surface area contributed by atoms with Gasteiger partial charge in [0.2, 0.25) is 5.01 Å². The van der Waals surface area contributed by atoms with Crippen LogP contribution in [-0.2, 0) is 19.5 Å². The maximum Gasteiger partial charge on any atom is 0.365 e. The summed E-state index contributed by atoms with van der Waals surface area (Å²) in [5.41, 5.74) is 2.26. The van der Waals surface area contributed by atoms with E-state index in [1.807, 2.05) is 16.7 Å². The van der Waals surface area contributed by atoms with Crippen LogP contribution in [0.15, 0.2) is 16.8 Å². The predicted molar refractivity (Wildman–Crippen MR) is 71.2 cm³/mol. The zero-order chi connectivity index (χ0) is 12.5. The zero-order valence-corrected chi connectivity index (χ0v) is 11.3. The number of nitrogens with zero attached hydrogens (tertiary/aromatic N) is 2. The topological polar surface area (TPSA) is 53.4 Å². The lowest BCUT2D eigenvalue weighted by Gasteiger charge is -2.25. The van der Waals surface area contributed by atoms with Gasteiger partial charge in [-0.1, -0.05) is 0 Å². The van der Waals surface area contributed by atoms with E-state index in [1.54, 1.807) is 0 Å². The number of fused-ring (bicyclic) bond motifs is 1. The lowest BCUT2D eigenvalue weighted by Crippen LogP contribution is -2.29. The molecule has 4 nitrogen and oxygen atoms in total. The SMILES string of the molecule is O=C(O)c1nc(CN2CCc3sccc3C2)cs1. The molecule has 0 spiro atoms. The molecular formula is C12H12N2O2S2. The molecule has 0 aromatic carbocycles. The fourth-order valence-corrected chi connectivity index (χ4v) is 3.68. The van der Waals surface area contributed by atoms with Crippen molar-refractivity contribution in [3.63, 3.8) is 0 Å². The summed E-state index contributed by atoms with van der Waals surface area (Å²) in [4.78, 5) is 18.7. The van der Waals surface area contributed by atoms with E-state index < -0.39 is 5.97 Å². The first-order valence-corrected chi connectivity index (χ1v) is 7.43. The van der Waals surface area contributed by atoms with E-state index in [2.05, 4.69) is 21.3 Å². The number of aromatic carboxylic acids is 1. The molecule has 0 unspecified atom stereocenters. The van der Waals surface area contributed by atoms with Crippen molar-refractivity contribution in [2.45, 2.75) is 19.5 Å². The van der Waals surface area contributed by atoms with Gasteiger partial charge >= 0.3 is 5.97 Å². The second kappa shape index (κ2) is 4.79. The van der Waals surface area contributed by atoms with Crippen LogP contribution in [0.5, 0.6) is 0 Å². The number of rotatable bonds is 3. The van der Waals surface area contributed by atoms with Crippen molar-refractivity contribution in [2.24, 2.45) is 0 Å². The van der Waals surface area contributed by atoms with Gasteiger partial charge in [-0.05, 0) is 23.4 Å². The lowest BCUT2D eigenvalue weighted by molar-refractivity contribution is 0.0696. The molecule has 0 radical (unpaired) electrons. The van der Waals surface area contributed by atoms with Gasteiger partial charge < -0.3 is 5.11 Å². The quantitative estimate of drug-likeness (QED) is 0.938. The van der Waals surface area contributed by atoms with Gasteiger partial charge in [0.05, 0.1) is 5.69 Å². The minimum atomic E-state index is -0.940. The number of hydrogen-bond acceptors (Lipinski definition) is 5. The van der Waals surface area contributed by atoms with Crippen molar-refractivity contribution in [1.82, 2.24) is 9.88 Å². The lowest BCUT2D eigenvalue weighted by atomic mass is 10.1. The molecule has 0 amide bonds. The summed E-state index contributed by atoms with van der Waals surface area (Å²) in [5, 5.41) is 13.0. The fourth-order valence-electron chi connectivity index (χ4n) is 2.15. The Kier molecular flexibility index (Phi) is 3.15. The summed E-state index contributed by atoms with van der Waals surface area (Å²) in [5.74, 6) is -0.940. The number of hydrogen-bond donors (Lipinski definition) is 1. The fraction of sp³-hybridized carbons (Fsp3) is 0.333. The maximum atomic E-state index is 10.8.